The first-order valence-electron chi connectivity index (χ1n) is 6.78. The molecule has 94 valence electrons. The minimum Gasteiger partial charge on any atom is -0.493 e. The molecule has 1 atom stereocenters. The predicted molar refractivity (Wildman–Crippen MR) is 71.6 cm³/mol. The molecule has 0 aliphatic carbocycles. The van der Waals surface area contributed by atoms with Crippen LogP contribution in [-0.2, 0) is 6.42 Å². The van der Waals surface area contributed by atoms with E-state index in [-0.39, 0.29) is 0 Å². The number of fused-ring (bicyclic) bond motifs is 1. The summed E-state index contributed by atoms with van der Waals surface area (Å²) in [6, 6.07) is 7.15. The maximum Gasteiger partial charge on any atom is 0.124 e. The van der Waals surface area contributed by atoms with Gasteiger partial charge in [-0.15, -0.1) is 0 Å². The molecule has 0 saturated heterocycles. The van der Waals surface area contributed by atoms with Crippen LogP contribution in [0.2, 0.25) is 0 Å². The third kappa shape index (κ3) is 3.01. The van der Waals surface area contributed by atoms with Gasteiger partial charge in [0.1, 0.15) is 5.75 Å². The molecule has 0 saturated carbocycles. The molecule has 1 aliphatic heterocycles. The van der Waals surface area contributed by atoms with E-state index < -0.39 is 0 Å². The Kier molecular flexibility index (Phi) is 4.43. The van der Waals surface area contributed by atoms with Crippen LogP contribution in [-0.4, -0.2) is 13.7 Å². The molecule has 0 bridgehead atoms. The summed E-state index contributed by atoms with van der Waals surface area (Å²) in [5, 5.41) is 3.40. The molecule has 0 radical (unpaired) electrons. The number of ether oxygens (including phenoxy) is 1. The predicted octanol–water partition coefficient (Wildman–Crippen LogP) is 3.46. The average Bonchev–Trinajstić information content (AvgIpc) is 2.57. The van der Waals surface area contributed by atoms with Crippen molar-refractivity contribution < 1.29 is 4.74 Å². The lowest BCUT2D eigenvalue weighted by atomic mass is 9.98. The summed E-state index contributed by atoms with van der Waals surface area (Å²) in [5.41, 5.74) is 2.79. The lowest BCUT2D eigenvalue weighted by molar-refractivity contribution is 0.315. The average molecular weight is 233 g/mol. The van der Waals surface area contributed by atoms with Crippen LogP contribution < -0.4 is 10.1 Å². The van der Waals surface area contributed by atoms with E-state index in [1.807, 2.05) is 7.05 Å². The Hall–Kier alpha value is -1.02. The molecule has 2 rings (SSSR count). The summed E-state index contributed by atoms with van der Waals surface area (Å²) in [4.78, 5) is 0. The minimum absolute atomic E-state index is 0.453. The number of hydrogen-bond donors (Lipinski definition) is 1. The Bertz CT molecular complexity index is 362. The molecule has 1 aromatic rings. The van der Waals surface area contributed by atoms with Gasteiger partial charge in [-0.05, 0) is 44.4 Å². The van der Waals surface area contributed by atoms with E-state index in [9.17, 15) is 0 Å². The van der Waals surface area contributed by atoms with Crippen molar-refractivity contribution in [3.63, 3.8) is 0 Å². The number of nitrogens with one attached hydrogen (secondary N) is 1. The van der Waals surface area contributed by atoms with Gasteiger partial charge in [-0.2, -0.15) is 0 Å². The fourth-order valence-corrected chi connectivity index (χ4v) is 2.46. The monoisotopic (exact) mass is 233 g/mol. The normalized spacial score (nSPS) is 19.3. The van der Waals surface area contributed by atoms with Gasteiger partial charge < -0.3 is 10.1 Å². The zero-order valence-electron chi connectivity index (χ0n) is 11.0. The van der Waals surface area contributed by atoms with Crippen molar-refractivity contribution in [3.8, 4) is 5.75 Å². The summed E-state index contributed by atoms with van der Waals surface area (Å²) in [5.74, 6) is 1.07. The summed E-state index contributed by atoms with van der Waals surface area (Å²) in [6.07, 6.45) is 6.00. The van der Waals surface area contributed by atoms with Crippen LogP contribution in [0, 0.1) is 0 Å². The molecule has 2 heteroatoms. The van der Waals surface area contributed by atoms with Gasteiger partial charge in [0.05, 0.1) is 6.61 Å². The molecule has 0 spiro atoms. The number of aryl methyl sites for hydroxylation is 1. The molecule has 0 aromatic heterocycles. The van der Waals surface area contributed by atoms with Crippen molar-refractivity contribution in [2.24, 2.45) is 0 Å². The first-order valence-corrected chi connectivity index (χ1v) is 6.78. The van der Waals surface area contributed by atoms with Crippen LogP contribution in [0.25, 0.3) is 0 Å². The first kappa shape index (κ1) is 12.4. The molecular weight excluding hydrogens is 210 g/mol. The van der Waals surface area contributed by atoms with E-state index in [1.54, 1.807) is 0 Å². The highest BCUT2D eigenvalue weighted by Crippen LogP contribution is 2.32. The second-order valence-electron chi connectivity index (χ2n) is 4.81. The van der Waals surface area contributed by atoms with Crippen molar-refractivity contribution in [3.05, 3.63) is 29.3 Å². The zero-order chi connectivity index (χ0) is 12.1. The Morgan fingerprint density at radius 3 is 3.06 bits per heavy atom. The Balaban J connectivity index is 2.23. The molecule has 1 aromatic carbocycles. The van der Waals surface area contributed by atoms with E-state index in [2.05, 4.69) is 30.4 Å². The van der Waals surface area contributed by atoms with Crippen molar-refractivity contribution in [2.45, 2.75) is 45.1 Å². The zero-order valence-corrected chi connectivity index (χ0v) is 11.0. The number of benzene rings is 1. The highest BCUT2D eigenvalue weighted by Gasteiger charge is 2.18. The van der Waals surface area contributed by atoms with Gasteiger partial charge in [-0.25, -0.2) is 0 Å². The molecule has 1 aliphatic rings. The van der Waals surface area contributed by atoms with Crippen LogP contribution >= 0.6 is 0 Å². The molecular formula is C15H23NO. The van der Waals surface area contributed by atoms with Gasteiger partial charge in [0.15, 0.2) is 0 Å². The Morgan fingerprint density at radius 1 is 1.41 bits per heavy atom. The first-order chi connectivity index (χ1) is 8.35. The molecule has 1 unspecified atom stereocenters. The van der Waals surface area contributed by atoms with Crippen LogP contribution in [0.1, 0.15) is 49.8 Å². The smallest absolute Gasteiger partial charge is 0.124 e. The summed E-state index contributed by atoms with van der Waals surface area (Å²) < 4.78 is 5.80. The highest BCUT2D eigenvalue weighted by atomic mass is 16.5. The molecule has 2 nitrogen and oxygen atoms in total. The lowest BCUT2D eigenvalue weighted by Crippen LogP contribution is -2.15. The van der Waals surface area contributed by atoms with E-state index >= 15 is 0 Å². The number of unbranched alkanes of at least 4 members (excludes halogenated alkanes) is 1. The quantitative estimate of drug-likeness (QED) is 0.860. The summed E-state index contributed by atoms with van der Waals surface area (Å²) in [6.45, 7) is 3.09. The van der Waals surface area contributed by atoms with Gasteiger partial charge in [-0.3, -0.25) is 0 Å². The second kappa shape index (κ2) is 6.06. The van der Waals surface area contributed by atoms with Gasteiger partial charge in [0, 0.05) is 11.6 Å². The summed E-state index contributed by atoms with van der Waals surface area (Å²) >= 11 is 0. The fourth-order valence-electron chi connectivity index (χ4n) is 2.46. The molecule has 0 fully saturated rings. The van der Waals surface area contributed by atoms with E-state index in [0.29, 0.717) is 6.04 Å². The number of hydrogen-bond acceptors (Lipinski definition) is 2. The minimum atomic E-state index is 0.453. The van der Waals surface area contributed by atoms with Gasteiger partial charge in [0.2, 0.25) is 0 Å². The van der Waals surface area contributed by atoms with Gasteiger partial charge in [-0.1, -0.05) is 25.5 Å². The molecule has 0 amide bonds. The van der Waals surface area contributed by atoms with E-state index in [4.69, 9.17) is 4.74 Å². The van der Waals surface area contributed by atoms with Crippen molar-refractivity contribution in [1.82, 2.24) is 5.32 Å². The van der Waals surface area contributed by atoms with Crippen molar-refractivity contribution >= 4 is 0 Å². The molecule has 1 heterocycles. The fraction of sp³-hybridized carbons (Fsp3) is 0.600. The third-order valence-corrected chi connectivity index (χ3v) is 3.51. The third-order valence-electron chi connectivity index (χ3n) is 3.51. The SMILES string of the molecule is CCCCc1ccc2c(c1)C(NC)CCCO2. The second-order valence-corrected chi connectivity index (χ2v) is 4.81. The van der Waals surface area contributed by atoms with Crippen LogP contribution in [0.5, 0.6) is 5.75 Å². The number of rotatable bonds is 4. The Morgan fingerprint density at radius 2 is 2.29 bits per heavy atom. The van der Waals surface area contributed by atoms with Crippen molar-refractivity contribution in [1.29, 1.82) is 0 Å². The molecule has 1 N–H and O–H groups in total. The Labute approximate surface area is 104 Å². The molecule has 17 heavy (non-hydrogen) atoms. The standard InChI is InChI=1S/C15H23NO/c1-3-4-6-12-8-9-15-13(11-12)14(16-2)7-5-10-17-15/h8-9,11,14,16H,3-7,10H2,1-2H3. The highest BCUT2D eigenvalue weighted by molar-refractivity contribution is 5.40. The van der Waals surface area contributed by atoms with Gasteiger partial charge in [0.25, 0.3) is 0 Å². The van der Waals surface area contributed by atoms with Gasteiger partial charge >= 0.3 is 0 Å². The van der Waals surface area contributed by atoms with Crippen LogP contribution in [0.3, 0.4) is 0 Å². The van der Waals surface area contributed by atoms with Crippen LogP contribution in [0.15, 0.2) is 18.2 Å². The lowest BCUT2D eigenvalue weighted by Gasteiger charge is -2.17. The largest absolute Gasteiger partial charge is 0.493 e. The summed E-state index contributed by atoms with van der Waals surface area (Å²) in [7, 11) is 2.04. The van der Waals surface area contributed by atoms with Crippen LogP contribution in [0.4, 0.5) is 0 Å². The topological polar surface area (TPSA) is 21.3 Å². The van der Waals surface area contributed by atoms with E-state index in [0.717, 1.165) is 18.8 Å². The maximum atomic E-state index is 5.80. The van der Waals surface area contributed by atoms with Crippen molar-refractivity contribution in [2.75, 3.05) is 13.7 Å². The maximum absolute atomic E-state index is 5.80. The van der Waals surface area contributed by atoms with E-state index in [1.165, 1.54) is 36.8 Å².